The van der Waals surface area contributed by atoms with Crippen molar-refractivity contribution in [2.24, 2.45) is 5.92 Å². The van der Waals surface area contributed by atoms with Gasteiger partial charge in [-0.15, -0.1) is 0 Å². The van der Waals surface area contributed by atoms with Crippen molar-refractivity contribution in [3.63, 3.8) is 0 Å². The maximum atomic E-state index is 13.4. The van der Waals surface area contributed by atoms with Crippen LogP contribution in [0.25, 0.3) is 11.1 Å². The van der Waals surface area contributed by atoms with Gasteiger partial charge in [-0.1, -0.05) is 56.1 Å². The minimum Gasteiger partial charge on any atom is -0.478 e. The number of likely N-dealkylation sites (tertiary alicyclic amines) is 1. The van der Waals surface area contributed by atoms with Gasteiger partial charge in [-0.3, -0.25) is 4.79 Å². The van der Waals surface area contributed by atoms with E-state index in [1.165, 1.54) is 0 Å². The van der Waals surface area contributed by atoms with Gasteiger partial charge in [-0.25, -0.2) is 4.79 Å². The molecule has 1 saturated carbocycles. The minimum absolute atomic E-state index is 0.119. The maximum absolute atomic E-state index is 13.4. The third-order valence-corrected chi connectivity index (χ3v) is 14.0. The molecule has 1 heterocycles. The molecule has 1 aliphatic heterocycles. The smallest absolute Gasteiger partial charge is 0.335 e. The summed E-state index contributed by atoms with van der Waals surface area (Å²) < 4.78 is 6.65. The van der Waals surface area contributed by atoms with E-state index >= 15 is 0 Å². The molecule has 0 spiro atoms. The Morgan fingerprint density at radius 2 is 1.58 bits per heavy atom. The molecule has 1 amide bonds. The Labute approximate surface area is 237 Å². The van der Waals surface area contributed by atoms with Crippen LogP contribution in [0.2, 0.25) is 28.2 Å². The number of carbonyl (C=O) groups is 2. The second-order valence-corrected chi connectivity index (χ2v) is 17.9. The molecule has 0 bridgehead atoms. The van der Waals surface area contributed by atoms with Gasteiger partial charge in [0.05, 0.1) is 5.56 Å². The molecule has 206 valence electrons. The van der Waals surface area contributed by atoms with Crippen LogP contribution in [0, 0.1) is 5.92 Å². The fourth-order valence-corrected chi connectivity index (χ4v) is 7.46. The van der Waals surface area contributed by atoms with Crippen molar-refractivity contribution in [2.75, 3.05) is 6.54 Å². The summed E-state index contributed by atoms with van der Waals surface area (Å²) >= 11 is 13.3. The van der Waals surface area contributed by atoms with Crippen LogP contribution in [-0.4, -0.2) is 48.9 Å². The molecule has 2 aromatic rings. The summed E-state index contributed by atoms with van der Waals surface area (Å²) in [6.07, 6.45) is 5.65. The van der Waals surface area contributed by atoms with Gasteiger partial charge in [0, 0.05) is 34.7 Å². The number of halogens is 2. The average Bonchev–Trinajstić information content (AvgIpc) is 3.20. The zero-order chi connectivity index (χ0) is 27.8. The van der Waals surface area contributed by atoms with E-state index in [0.717, 1.165) is 55.3 Å². The number of benzene rings is 2. The predicted molar refractivity (Wildman–Crippen MR) is 157 cm³/mol. The quantitative estimate of drug-likeness (QED) is 0.339. The van der Waals surface area contributed by atoms with Crippen molar-refractivity contribution in [1.82, 2.24) is 4.90 Å². The van der Waals surface area contributed by atoms with Gasteiger partial charge < -0.3 is 14.4 Å². The van der Waals surface area contributed by atoms with Crippen molar-refractivity contribution >= 4 is 43.4 Å². The van der Waals surface area contributed by atoms with Gasteiger partial charge in [0.25, 0.3) is 0 Å². The lowest BCUT2D eigenvalue weighted by molar-refractivity contribution is -0.133. The van der Waals surface area contributed by atoms with Crippen LogP contribution in [0.1, 0.15) is 68.8 Å². The maximum Gasteiger partial charge on any atom is 0.335 e. The molecule has 0 radical (unpaired) electrons. The summed E-state index contributed by atoms with van der Waals surface area (Å²) in [5, 5.41) is 10.4. The molecule has 1 N–H and O–H groups in total. The molecule has 2 aromatic carbocycles. The van der Waals surface area contributed by atoms with Crippen molar-refractivity contribution in [3.8, 4) is 11.1 Å². The first kappa shape index (κ1) is 29.1. The third-order valence-electron chi connectivity index (χ3n) is 8.76. The Bertz CT molecular complexity index is 1160. The molecule has 2 aliphatic rings. The Kier molecular flexibility index (Phi) is 8.68. The largest absolute Gasteiger partial charge is 0.478 e. The number of nitrogens with zero attached hydrogens (tertiary/aromatic N) is 1. The van der Waals surface area contributed by atoms with Crippen molar-refractivity contribution < 1.29 is 19.1 Å². The number of hydrogen-bond donors (Lipinski definition) is 1. The van der Waals surface area contributed by atoms with Crippen LogP contribution in [0.3, 0.4) is 0 Å². The number of carboxylic acids is 1. The fourth-order valence-electron chi connectivity index (χ4n) is 5.40. The van der Waals surface area contributed by atoms with Gasteiger partial charge in [0.15, 0.2) is 8.32 Å². The van der Waals surface area contributed by atoms with Crippen LogP contribution < -0.4 is 0 Å². The molecule has 4 rings (SSSR count). The topological polar surface area (TPSA) is 66.8 Å². The molecule has 8 heteroatoms. The molecule has 1 saturated heterocycles. The lowest BCUT2D eigenvalue weighted by atomic mass is 9.92. The normalized spacial score (nSPS) is 22.7. The Balaban J connectivity index is 1.37. The second-order valence-electron chi connectivity index (χ2n) is 12.3. The molecule has 5 nitrogen and oxygen atoms in total. The van der Waals surface area contributed by atoms with Gasteiger partial charge in [-0.05, 0) is 97.6 Å². The molecule has 1 aliphatic carbocycles. The Morgan fingerprint density at radius 1 is 1.00 bits per heavy atom. The SMILES string of the molecule is CC(C)(C)[Si](C)(C)OC1CCC(N2CCC(Cc3c(Cl)cc(-c4ccc(C(=O)O)cc4)cc3Cl)C2=O)CC1. The second kappa shape index (κ2) is 11.3. The highest BCUT2D eigenvalue weighted by atomic mass is 35.5. The molecular formula is C30H39Cl2NO4Si. The van der Waals surface area contributed by atoms with Crippen molar-refractivity contribution in [2.45, 2.75) is 89.6 Å². The van der Waals surface area contributed by atoms with Crippen molar-refractivity contribution in [1.29, 1.82) is 0 Å². The highest BCUT2D eigenvalue weighted by molar-refractivity contribution is 6.74. The zero-order valence-electron chi connectivity index (χ0n) is 23.0. The lowest BCUT2D eigenvalue weighted by Crippen LogP contribution is -2.47. The Morgan fingerprint density at radius 3 is 2.11 bits per heavy atom. The molecule has 0 aromatic heterocycles. The summed E-state index contributed by atoms with van der Waals surface area (Å²) in [6.45, 7) is 12.2. The minimum atomic E-state index is -1.79. The summed E-state index contributed by atoms with van der Waals surface area (Å²) in [7, 11) is -1.79. The van der Waals surface area contributed by atoms with E-state index in [2.05, 4.69) is 38.8 Å². The summed E-state index contributed by atoms with van der Waals surface area (Å²) in [6, 6.07) is 10.6. The van der Waals surface area contributed by atoms with E-state index in [9.17, 15) is 9.59 Å². The number of hydrogen-bond acceptors (Lipinski definition) is 3. The van der Waals surface area contributed by atoms with E-state index in [4.69, 9.17) is 32.7 Å². The first-order chi connectivity index (χ1) is 17.8. The highest BCUT2D eigenvalue weighted by Gasteiger charge is 2.42. The van der Waals surface area contributed by atoms with Crippen LogP contribution >= 0.6 is 23.2 Å². The van der Waals surface area contributed by atoms with Gasteiger partial charge in [0.1, 0.15) is 0 Å². The standard InChI is InChI=1S/C30H39Cl2NO4Si/c1-30(2,3)38(4,5)37-24-12-10-23(11-13-24)33-15-14-21(28(33)34)16-25-26(31)17-22(18-27(25)32)19-6-8-20(9-7-19)29(35)36/h6-9,17-18,21,23-24H,10-16H2,1-5H3,(H,35,36). The van der Waals surface area contributed by atoms with Crippen molar-refractivity contribution in [3.05, 3.63) is 57.6 Å². The first-order valence-corrected chi connectivity index (χ1v) is 17.2. The first-order valence-electron chi connectivity index (χ1n) is 13.6. The van der Waals surface area contributed by atoms with E-state index < -0.39 is 14.3 Å². The number of carbonyl (C=O) groups excluding carboxylic acids is 1. The number of amides is 1. The number of aromatic carboxylic acids is 1. The summed E-state index contributed by atoms with van der Waals surface area (Å²) in [4.78, 5) is 26.6. The van der Waals surface area contributed by atoms with Crippen LogP contribution in [0.5, 0.6) is 0 Å². The van der Waals surface area contributed by atoms with Gasteiger partial charge >= 0.3 is 5.97 Å². The average molecular weight is 577 g/mol. The molecule has 2 fully saturated rings. The Hall–Kier alpha value is -1.86. The van der Waals surface area contributed by atoms with E-state index in [1.54, 1.807) is 24.3 Å². The summed E-state index contributed by atoms with van der Waals surface area (Å²) in [5.74, 6) is -0.878. The van der Waals surface area contributed by atoms with Crippen LogP contribution in [0.4, 0.5) is 0 Å². The van der Waals surface area contributed by atoms with E-state index in [-0.39, 0.29) is 28.5 Å². The summed E-state index contributed by atoms with van der Waals surface area (Å²) in [5.41, 5.74) is 2.67. The fraction of sp³-hybridized carbons (Fsp3) is 0.533. The molecular weight excluding hydrogens is 537 g/mol. The highest BCUT2D eigenvalue weighted by Crippen LogP contribution is 2.40. The number of rotatable bonds is 7. The van der Waals surface area contributed by atoms with Crippen LogP contribution in [-0.2, 0) is 15.6 Å². The van der Waals surface area contributed by atoms with Crippen LogP contribution in [0.15, 0.2) is 36.4 Å². The number of carboxylic acid groups (broad SMARTS) is 1. The molecule has 1 atom stereocenters. The zero-order valence-corrected chi connectivity index (χ0v) is 25.5. The monoisotopic (exact) mass is 575 g/mol. The molecule has 38 heavy (non-hydrogen) atoms. The molecule has 1 unspecified atom stereocenters. The van der Waals surface area contributed by atoms with E-state index in [0.29, 0.717) is 22.6 Å². The lowest BCUT2D eigenvalue weighted by Gasteiger charge is -2.42. The van der Waals surface area contributed by atoms with E-state index in [1.807, 2.05) is 12.1 Å². The van der Waals surface area contributed by atoms with Gasteiger partial charge in [0.2, 0.25) is 5.91 Å². The predicted octanol–water partition coefficient (Wildman–Crippen LogP) is 8.08. The van der Waals surface area contributed by atoms with Gasteiger partial charge in [-0.2, -0.15) is 0 Å². The third kappa shape index (κ3) is 6.30.